The van der Waals surface area contributed by atoms with Crippen molar-refractivity contribution in [3.63, 3.8) is 0 Å². The Morgan fingerprint density at radius 2 is 0.496 bits per heavy atom. The first-order valence-electron chi connectivity index (χ1n) is 48.5. The molecule has 656 valence electrons. The Morgan fingerprint density at radius 3 is 0.943 bits per heavy atom. The average Bonchev–Trinajstić information content (AvgIpc) is 1.53. The third-order valence-corrected chi connectivity index (χ3v) is 32.5. The van der Waals surface area contributed by atoms with E-state index in [9.17, 15) is 0 Å². The van der Waals surface area contributed by atoms with Gasteiger partial charge in [0, 0.05) is 114 Å². The lowest BCUT2D eigenvalue weighted by atomic mass is 9.66. The molecule has 0 saturated carbocycles. The van der Waals surface area contributed by atoms with E-state index in [1.165, 1.54) is 169 Å². The van der Waals surface area contributed by atoms with Gasteiger partial charge in [0.25, 0.3) is 0 Å². The first kappa shape index (κ1) is 78.1. The van der Waals surface area contributed by atoms with Gasteiger partial charge in [-0.05, 0) is 180 Å². The second-order valence-electron chi connectivity index (χ2n) is 38.1. The molecule has 3 spiro atoms. The highest BCUT2D eigenvalue weighted by Gasteiger charge is 2.56. The second kappa shape index (κ2) is 29.5. The van der Waals surface area contributed by atoms with Crippen LogP contribution in [0.1, 0.15) is 66.8 Å². The number of nitrogens with zero attached hydrogens (tertiary/aromatic N) is 3. The molecule has 8 heterocycles. The molecule has 0 atom stereocenters. The van der Waals surface area contributed by atoms with Gasteiger partial charge in [-0.1, -0.05) is 382 Å². The summed E-state index contributed by atoms with van der Waals surface area (Å²) in [5, 5.41) is 14.5. The molecule has 3 aliphatic carbocycles. The summed E-state index contributed by atoms with van der Waals surface area (Å²) in [6.07, 6.45) is 0. The molecule has 0 amide bonds. The summed E-state index contributed by atoms with van der Waals surface area (Å²) in [6.45, 7) is 0. The van der Waals surface area contributed by atoms with E-state index in [-0.39, 0.29) is 0 Å². The lowest BCUT2D eigenvalue weighted by Crippen LogP contribution is -2.32. The average molecular weight is 1820 g/mol. The normalized spacial score (nSPS) is 13.9. The topological polar surface area (TPSA) is 55.6 Å². The first-order chi connectivity index (χ1) is 69.9. The highest BCUT2D eigenvalue weighted by atomic mass is 32.1. The zero-order chi connectivity index (χ0) is 92.1. The molecular weight excluding hydrogens is 1740 g/mol. The van der Waals surface area contributed by atoms with E-state index in [0.29, 0.717) is 0 Å². The third kappa shape index (κ3) is 10.6. The van der Waals surface area contributed by atoms with Gasteiger partial charge < -0.3 is 32.3 Å². The van der Waals surface area contributed by atoms with Gasteiger partial charge in [-0.25, -0.2) is 0 Å². The Bertz CT molecular complexity index is 9600. The van der Waals surface area contributed by atoms with Gasteiger partial charge in [0.05, 0.1) is 55.0 Å². The minimum atomic E-state index is -0.518. The van der Waals surface area contributed by atoms with Crippen LogP contribution in [0, 0.1) is 0 Å². The molecule has 141 heavy (non-hydrogen) atoms. The van der Waals surface area contributed by atoms with Gasteiger partial charge >= 0.3 is 0 Å². The fourth-order valence-electron chi connectivity index (χ4n) is 25.8. The second-order valence-corrected chi connectivity index (χ2v) is 39.1. The maximum absolute atomic E-state index is 7.12. The number of ether oxygens (including phenoxy) is 3. The maximum Gasteiger partial charge on any atom is 0.156 e. The predicted molar refractivity (Wildman–Crippen MR) is 578 cm³/mol. The number of furan rings is 1. The molecule has 8 heteroatoms. The quantitative estimate of drug-likeness (QED) is 0.176. The van der Waals surface area contributed by atoms with Crippen LogP contribution in [0.15, 0.2) is 484 Å². The molecule has 0 saturated heterocycles. The Kier molecular flexibility index (Phi) is 16.3. The zero-order valence-corrected chi connectivity index (χ0v) is 76.8. The van der Waals surface area contributed by atoms with Crippen molar-refractivity contribution in [2.24, 2.45) is 0 Å². The number of fused-ring (bicyclic) bond motifs is 46. The Balaban J connectivity index is 0.0000000973. The third-order valence-electron chi connectivity index (χ3n) is 31.4. The van der Waals surface area contributed by atoms with Crippen molar-refractivity contribution < 1.29 is 18.6 Å². The molecule has 22 aromatic carbocycles. The van der Waals surface area contributed by atoms with Crippen LogP contribution in [-0.2, 0) is 16.2 Å². The fourth-order valence-corrected chi connectivity index (χ4v) is 26.9. The zero-order valence-electron chi connectivity index (χ0n) is 76.0. The van der Waals surface area contributed by atoms with Crippen LogP contribution in [-0.4, -0.2) is 13.7 Å². The standard InChI is InChI=1S/C47H29NO.C43H25NO2.C43H25NOS/c1-2-12-32-29-33(22-21-30(32)11-1)31-23-25-34(26-24-31)48-43-19-9-5-15-37(43)38-27-28-42-46(45(38)48)49-44-20-10-8-18-41(44)47(42)39-16-6-3-13-35(39)36-14-4-7-17-40(36)47;1-5-15-33-27(11-1)28-12-2-6-16-34(28)43(33)35-17-7-10-20-39(35)46-42-36(43)24-23-32-29-13-3-8-18-37(29)44(41(32)42)26-21-22-31-30-14-4-9-19-38(30)45-40(31)25-26;1-5-15-33-27(11-1)28-12-2-6-16-34(28)43(33)35-17-7-9-19-38(35)45-42-36(43)24-23-32-29-13-3-8-18-37(29)44(41(32)42)26-21-22-31-30-14-4-10-20-39(30)46-40(31)25-26/h1-29H;2*1-25H. The fraction of sp³-hybridized carbons (Fsp3) is 0.0226. The van der Waals surface area contributed by atoms with Crippen LogP contribution in [0.25, 0.3) is 180 Å². The number of para-hydroxylation sites is 7. The largest absolute Gasteiger partial charge is 0.456 e. The van der Waals surface area contributed by atoms with Crippen LogP contribution >= 0.6 is 11.3 Å². The number of thiophene rings is 1. The van der Waals surface area contributed by atoms with Gasteiger partial charge in [0.1, 0.15) is 28.4 Å². The number of benzene rings is 22. The highest BCUT2D eigenvalue weighted by molar-refractivity contribution is 7.25. The van der Waals surface area contributed by atoms with Crippen LogP contribution in [0.2, 0.25) is 0 Å². The monoisotopic (exact) mass is 1810 g/mol. The highest BCUT2D eigenvalue weighted by Crippen LogP contribution is 2.68. The molecule has 7 nitrogen and oxygen atoms in total. The van der Waals surface area contributed by atoms with E-state index in [0.717, 1.165) is 112 Å². The predicted octanol–water partition coefficient (Wildman–Crippen LogP) is 34.8. The van der Waals surface area contributed by atoms with E-state index >= 15 is 0 Å². The van der Waals surface area contributed by atoms with Crippen molar-refractivity contribution >= 4 is 130 Å². The maximum atomic E-state index is 7.12. The summed E-state index contributed by atoms with van der Waals surface area (Å²) in [5.41, 5.74) is 35.2. The van der Waals surface area contributed by atoms with Crippen LogP contribution in [0.5, 0.6) is 34.5 Å². The van der Waals surface area contributed by atoms with Gasteiger partial charge in [-0.15, -0.1) is 11.3 Å². The summed E-state index contributed by atoms with van der Waals surface area (Å²) < 4.78 is 37.5. The van der Waals surface area contributed by atoms with Crippen molar-refractivity contribution in [3.05, 3.63) is 546 Å². The number of aromatic nitrogens is 3. The van der Waals surface area contributed by atoms with Crippen LogP contribution < -0.4 is 14.2 Å². The Morgan fingerprint density at radius 1 is 0.184 bits per heavy atom. The lowest BCUT2D eigenvalue weighted by molar-refractivity contribution is 0.440. The summed E-state index contributed by atoms with van der Waals surface area (Å²) in [5.74, 6) is 5.43. The summed E-state index contributed by atoms with van der Waals surface area (Å²) in [6, 6.07) is 174. The van der Waals surface area contributed by atoms with Gasteiger partial charge in [-0.2, -0.15) is 0 Å². The van der Waals surface area contributed by atoms with E-state index in [2.05, 4.69) is 481 Å². The molecule has 0 bridgehead atoms. The van der Waals surface area contributed by atoms with E-state index in [4.69, 9.17) is 18.6 Å². The number of hydrogen-bond acceptors (Lipinski definition) is 5. The van der Waals surface area contributed by atoms with Crippen LogP contribution in [0.3, 0.4) is 0 Å². The summed E-state index contributed by atoms with van der Waals surface area (Å²) in [4.78, 5) is 0. The molecule has 0 fully saturated rings. The molecule has 0 radical (unpaired) electrons. The van der Waals surface area contributed by atoms with Crippen molar-refractivity contribution in [2.45, 2.75) is 16.2 Å². The van der Waals surface area contributed by atoms with Crippen molar-refractivity contribution in [1.82, 2.24) is 13.7 Å². The van der Waals surface area contributed by atoms with Crippen molar-refractivity contribution in [3.8, 4) is 96.1 Å². The molecule has 0 N–H and O–H groups in total. The van der Waals surface area contributed by atoms with Gasteiger partial charge in [0.2, 0.25) is 0 Å². The van der Waals surface area contributed by atoms with Crippen molar-refractivity contribution in [1.29, 1.82) is 0 Å². The van der Waals surface area contributed by atoms with E-state index in [1.807, 2.05) is 23.5 Å². The molecule has 27 aromatic rings. The SMILES string of the molecule is c1ccc2c(c1)Oc1c(ccc3c4ccccc4n(-c4ccc(-c5ccc6ccccc6c5)cc4)c13)C21c2ccccc2-c2ccccc21.c1ccc2c(c1)Oc1c(ccc3c4ccccc4n(-c4ccc5c(c4)oc4ccccc45)c13)C21c2ccccc2-c2ccccc21.c1ccc2c(c1)Oc1c(ccc3c4ccccc4n(-c4ccc5c(c4)sc4ccccc45)c13)C21c2ccccc2-c2ccccc21. The Labute approximate surface area is 814 Å². The molecule has 0 unspecified atom stereocenters. The molecule has 6 aliphatic rings. The van der Waals surface area contributed by atoms with Gasteiger partial charge in [-0.3, -0.25) is 0 Å². The first-order valence-corrected chi connectivity index (χ1v) is 49.3. The smallest absolute Gasteiger partial charge is 0.156 e. The lowest BCUT2D eigenvalue weighted by Gasteiger charge is -2.39. The molecular formula is C133H79N3O4S. The molecule has 3 aliphatic heterocycles. The van der Waals surface area contributed by atoms with Crippen molar-refractivity contribution in [2.75, 3.05) is 0 Å². The minimum absolute atomic E-state index is 0.498. The number of rotatable bonds is 4. The summed E-state index contributed by atoms with van der Waals surface area (Å²) in [7, 11) is 0. The molecule has 5 aromatic heterocycles. The number of hydrogen-bond donors (Lipinski definition) is 0. The molecule has 33 rings (SSSR count). The minimum Gasteiger partial charge on any atom is -0.456 e. The van der Waals surface area contributed by atoms with Gasteiger partial charge in [0.15, 0.2) is 17.2 Å². The summed E-state index contributed by atoms with van der Waals surface area (Å²) >= 11 is 1.86. The van der Waals surface area contributed by atoms with Crippen LogP contribution in [0.4, 0.5) is 0 Å². The Hall–Kier alpha value is -18.1. The van der Waals surface area contributed by atoms with E-state index in [1.54, 1.807) is 0 Å². The van der Waals surface area contributed by atoms with E-state index < -0.39 is 16.2 Å².